The van der Waals surface area contributed by atoms with Gasteiger partial charge in [-0.1, -0.05) is 17.3 Å². The van der Waals surface area contributed by atoms with E-state index in [0.29, 0.717) is 17.9 Å². The molecule has 1 aromatic heterocycles. The SMILES string of the molecule is Cc1c(C(=O)NCc2cccc(OC(C)C)c2)nnn1-c1ccc(OC(F)F)cc1. The molecule has 0 aliphatic heterocycles. The standard InChI is InChI=1S/C21H22F2N4O3/c1-13(2)29-18-6-4-5-15(11-18)12-24-20(28)19-14(3)27(26-25-19)16-7-9-17(10-8-16)30-21(22)23/h4-11,13,21H,12H2,1-3H3,(H,24,28). The summed E-state index contributed by atoms with van der Waals surface area (Å²) < 4.78 is 36.0. The lowest BCUT2D eigenvalue weighted by atomic mass is 10.2. The Labute approximate surface area is 172 Å². The van der Waals surface area contributed by atoms with Gasteiger partial charge >= 0.3 is 6.61 Å². The van der Waals surface area contributed by atoms with E-state index >= 15 is 0 Å². The van der Waals surface area contributed by atoms with Crippen LogP contribution in [0.15, 0.2) is 48.5 Å². The van der Waals surface area contributed by atoms with E-state index < -0.39 is 6.61 Å². The minimum Gasteiger partial charge on any atom is -0.491 e. The highest BCUT2D eigenvalue weighted by atomic mass is 19.3. The fourth-order valence-electron chi connectivity index (χ4n) is 2.82. The van der Waals surface area contributed by atoms with Gasteiger partial charge in [0.15, 0.2) is 5.69 Å². The van der Waals surface area contributed by atoms with Gasteiger partial charge in [-0.15, -0.1) is 5.10 Å². The van der Waals surface area contributed by atoms with E-state index in [4.69, 9.17) is 4.74 Å². The van der Waals surface area contributed by atoms with Gasteiger partial charge in [0.25, 0.3) is 5.91 Å². The molecule has 0 aliphatic carbocycles. The molecular weight excluding hydrogens is 394 g/mol. The van der Waals surface area contributed by atoms with Gasteiger partial charge in [0, 0.05) is 6.54 Å². The fourth-order valence-corrected chi connectivity index (χ4v) is 2.82. The largest absolute Gasteiger partial charge is 0.491 e. The van der Waals surface area contributed by atoms with Crippen molar-refractivity contribution >= 4 is 5.91 Å². The van der Waals surface area contributed by atoms with Crippen LogP contribution in [0.2, 0.25) is 0 Å². The van der Waals surface area contributed by atoms with E-state index in [2.05, 4.69) is 20.4 Å². The lowest BCUT2D eigenvalue weighted by Gasteiger charge is -2.11. The second-order valence-corrected chi connectivity index (χ2v) is 6.80. The molecule has 1 amide bonds. The number of alkyl halides is 2. The summed E-state index contributed by atoms with van der Waals surface area (Å²) in [6.07, 6.45) is 0.0588. The third-order valence-electron chi connectivity index (χ3n) is 4.14. The van der Waals surface area contributed by atoms with E-state index in [1.165, 1.54) is 16.8 Å². The molecule has 0 radical (unpaired) electrons. The molecule has 3 aromatic rings. The summed E-state index contributed by atoms with van der Waals surface area (Å²) >= 11 is 0. The summed E-state index contributed by atoms with van der Waals surface area (Å²) in [7, 11) is 0. The molecule has 0 saturated carbocycles. The molecule has 158 valence electrons. The van der Waals surface area contributed by atoms with Crippen molar-refractivity contribution < 1.29 is 23.0 Å². The van der Waals surface area contributed by atoms with Crippen LogP contribution in [0.5, 0.6) is 11.5 Å². The average molecular weight is 416 g/mol. The molecule has 1 N–H and O–H groups in total. The second-order valence-electron chi connectivity index (χ2n) is 6.80. The van der Waals surface area contributed by atoms with Crippen molar-refractivity contribution in [1.82, 2.24) is 20.3 Å². The minimum atomic E-state index is -2.89. The number of carbonyl (C=O) groups is 1. The van der Waals surface area contributed by atoms with Crippen molar-refractivity contribution in [3.8, 4) is 17.2 Å². The molecule has 1 heterocycles. The first-order chi connectivity index (χ1) is 14.3. The molecule has 7 nitrogen and oxygen atoms in total. The molecule has 0 fully saturated rings. The number of nitrogens with one attached hydrogen (secondary N) is 1. The molecule has 0 unspecified atom stereocenters. The predicted molar refractivity (Wildman–Crippen MR) is 106 cm³/mol. The van der Waals surface area contributed by atoms with Crippen LogP contribution in [0.25, 0.3) is 5.69 Å². The minimum absolute atomic E-state index is 0.0353. The van der Waals surface area contributed by atoms with Crippen molar-refractivity contribution in [2.45, 2.75) is 40.0 Å². The van der Waals surface area contributed by atoms with Gasteiger partial charge in [0.05, 0.1) is 17.5 Å². The summed E-state index contributed by atoms with van der Waals surface area (Å²) in [6.45, 7) is 3.01. The van der Waals surface area contributed by atoms with Gasteiger partial charge in [-0.25, -0.2) is 4.68 Å². The Bertz CT molecular complexity index is 1000. The number of benzene rings is 2. The first-order valence-electron chi connectivity index (χ1n) is 9.35. The summed E-state index contributed by atoms with van der Waals surface area (Å²) in [5.74, 6) is 0.401. The molecule has 0 saturated heterocycles. The van der Waals surface area contributed by atoms with Crippen LogP contribution in [-0.4, -0.2) is 33.6 Å². The zero-order chi connectivity index (χ0) is 21.7. The Kier molecular flexibility index (Phi) is 6.61. The van der Waals surface area contributed by atoms with Crippen LogP contribution in [0.3, 0.4) is 0 Å². The molecule has 3 rings (SSSR count). The topological polar surface area (TPSA) is 78.3 Å². The maximum absolute atomic E-state index is 12.6. The fraction of sp³-hybridized carbons (Fsp3) is 0.286. The van der Waals surface area contributed by atoms with Crippen LogP contribution in [0.1, 0.15) is 35.6 Å². The van der Waals surface area contributed by atoms with Crippen molar-refractivity contribution in [2.75, 3.05) is 0 Å². The Morgan fingerprint density at radius 3 is 2.50 bits per heavy atom. The number of ether oxygens (including phenoxy) is 2. The van der Waals surface area contributed by atoms with Crippen molar-refractivity contribution in [1.29, 1.82) is 0 Å². The first kappa shape index (κ1) is 21.2. The molecule has 30 heavy (non-hydrogen) atoms. The summed E-state index contributed by atoms with van der Waals surface area (Å²) in [4.78, 5) is 12.6. The number of aromatic nitrogens is 3. The van der Waals surface area contributed by atoms with Gasteiger partial charge in [0.1, 0.15) is 11.5 Å². The lowest BCUT2D eigenvalue weighted by molar-refractivity contribution is -0.0498. The maximum Gasteiger partial charge on any atom is 0.387 e. The Morgan fingerprint density at radius 1 is 1.10 bits per heavy atom. The predicted octanol–water partition coefficient (Wildman–Crippen LogP) is 3.89. The first-order valence-corrected chi connectivity index (χ1v) is 9.35. The maximum atomic E-state index is 12.6. The number of hydrogen-bond acceptors (Lipinski definition) is 5. The number of halogens is 2. The van der Waals surface area contributed by atoms with E-state index in [0.717, 1.165) is 11.3 Å². The molecule has 0 atom stereocenters. The van der Waals surface area contributed by atoms with Crippen molar-refractivity contribution in [2.24, 2.45) is 0 Å². The highest BCUT2D eigenvalue weighted by molar-refractivity contribution is 5.93. The van der Waals surface area contributed by atoms with Crippen LogP contribution < -0.4 is 14.8 Å². The highest BCUT2D eigenvalue weighted by Crippen LogP contribution is 2.19. The number of amides is 1. The average Bonchev–Trinajstić information content (AvgIpc) is 3.07. The number of carbonyl (C=O) groups excluding carboxylic acids is 1. The molecule has 0 aliphatic rings. The van der Waals surface area contributed by atoms with E-state index in [1.807, 2.05) is 38.1 Å². The quantitative estimate of drug-likeness (QED) is 0.603. The monoisotopic (exact) mass is 416 g/mol. The van der Waals surface area contributed by atoms with E-state index in [9.17, 15) is 13.6 Å². The normalized spacial score (nSPS) is 11.0. The Hall–Kier alpha value is -3.49. The molecule has 0 spiro atoms. The van der Waals surface area contributed by atoms with Crippen molar-refractivity contribution in [3.05, 3.63) is 65.5 Å². The lowest BCUT2D eigenvalue weighted by Crippen LogP contribution is -2.24. The zero-order valence-corrected chi connectivity index (χ0v) is 16.8. The third-order valence-corrected chi connectivity index (χ3v) is 4.14. The molecular formula is C21H22F2N4O3. The summed E-state index contributed by atoms with van der Waals surface area (Å²) in [6, 6.07) is 13.4. The van der Waals surface area contributed by atoms with Gasteiger partial charge in [0.2, 0.25) is 0 Å². The summed E-state index contributed by atoms with van der Waals surface area (Å²) in [5, 5.41) is 10.8. The molecule has 2 aromatic carbocycles. The zero-order valence-electron chi connectivity index (χ0n) is 16.8. The van der Waals surface area contributed by atoms with Gasteiger partial charge in [-0.3, -0.25) is 4.79 Å². The van der Waals surface area contributed by atoms with E-state index in [-0.39, 0.29) is 23.5 Å². The number of rotatable bonds is 8. The number of nitrogens with zero attached hydrogens (tertiary/aromatic N) is 3. The van der Waals surface area contributed by atoms with Crippen LogP contribution in [0.4, 0.5) is 8.78 Å². The van der Waals surface area contributed by atoms with E-state index in [1.54, 1.807) is 19.1 Å². The number of hydrogen-bond donors (Lipinski definition) is 1. The van der Waals surface area contributed by atoms with Crippen LogP contribution in [-0.2, 0) is 6.54 Å². The Morgan fingerprint density at radius 2 is 1.83 bits per heavy atom. The summed E-state index contributed by atoms with van der Waals surface area (Å²) in [5.41, 5.74) is 2.16. The van der Waals surface area contributed by atoms with Crippen molar-refractivity contribution in [3.63, 3.8) is 0 Å². The second kappa shape index (κ2) is 9.34. The molecule has 9 heteroatoms. The van der Waals surface area contributed by atoms with Crippen LogP contribution >= 0.6 is 0 Å². The van der Waals surface area contributed by atoms with Gasteiger partial charge < -0.3 is 14.8 Å². The van der Waals surface area contributed by atoms with Gasteiger partial charge in [-0.05, 0) is 62.7 Å². The molecule has 0 bridgehead atoms. The van der Waals surface area contributed by atoms with Crippen LogP contribution in [0, 0.1) is 6.92 Å². The highest BCUT2D eigenvalue weighted by Gasteiger charge is 2.17. The Balaban J connectivity index is 1.67. The third kappa shape index (κ3) is 5.31. The smallest absolute Gasteiger partial charge is 0.387 e. The van der Waals surface area contributed by atoms with Gasteiger partial charge in [-0.2, -0.15) is 8.78 Å².